The first-order valence-electron chi connectivity index (χ1n) is 6.09. The Morgan fingerprint density at radius 3 is 2.67 bits per heavy atom. The van der Waals surface area contributed by atoms with Crippen molar-refractivity contribution in [3.8, 4) is 0 Å². The van der Waals surface area contributed by atoms with Crippen molar-refractivity contribution < 1.29 is 9.72 Å². The van der Waals surface area contributed by atoms with Crippen LogP contribution in [0.25, 0.3) is 0 Å². The van der Waals surface area contributed by atoms with Crippen molar-refractivity contribution in [2.24, 2.45) is 0 Å². The topological polar surface area (TPSA) is 101 Å². The molecule has 1 heterocycles. The van der Waals surface area contributed by atoms with Gasteiger partial charge in [0.2, 0.25) is 0 Å². The van der Waals surface area contributed by atoms with Crippen molar-refractivity contribution in [3.63, 3.8) is 0 Å². The second-order valence-corrected chi connectivity index (χ2v) is 5.27. The van der Waals surface area contributed by atoms with Crippen LogP contribution in [0.3, 0.4) is 0 Å². The lowest BCUT2D eigenvalue weighted by Crippen LogP contribution is -2.13. The summed E-state index contributed by atoms with van der Waals surface area (Å²) in [6, 6.07) is 4.40. The number of carbonyl (C=O) groups excluding carboxylic acids is 1. The predicted molar refractivity (Wildman–Crippen MR) is 80.9 cm³/mol. The van der Waals surface area contributed by atoms with Crippen LogP contribution in [-0.2, 0) is 0 Å². The molecule has 1 aromatic carbocycles. The van der Waals surface area contributed by atoms with Gasteiger partial charge in [0.15, 0.2) is 5.82 Å². The second kappa shape index (κ2) is 5.96. The van der Waals surface area contributed by atoms with Gasteiger partial charge in [0.1, 0.15) is 0 Å². The summed E-state index contributed by atoms with van der Waals surface area (Å²) in [6.07, 6.45) is 1.75. The van der Waals surface area contributed by atoms with E-state index in [2.05, 4.69) is 15.5 Å². The average Bonchev–Trinajstić information content (AvgIpc) is 2.78. The number of aromatic nitrogens is 2. The number of H-pyrrole nitrogens is 1. The molecule has 0 bridgehead atoms. The molecular weight excluding hydrogens is 292 g/mol. The van der Waals surface area contributed by atoms with Gasteiger partial charge in [0.05, 0.1) is 9.82 Å². The number of benzene rings is 1. The van der Waals surface area contributed by atoms with Crippen LogP contribution in [0, 0.1) is 24.0 Å². The number of rotatable bonds is 4. The monoisotopic (exact) mass is 306 g/mol. The van der Waals surface area contributed by atoms with E-state index in [1.165, 1.54) is 17.8 Å². The summed E-state index contributed by atoms with van der Waals surface area (Å²) >= 11 is 1.26. The van der Waals surface area contributed by atoms with Crippen molar-refractivity contribution in [3.05, 3.63) is 45.1 Å². The number of hydrogen-bond acceptors (Lipinski definition) is 5. The smallest absolute Gasteiger partial charge is 0.283 e. The van der Waals surface area contributed by atoms with Gasteiger partial charge in [-0.15, -0.1) is 11.8 Å². The van der Waals surface area contributed by atoms with Crippen molar-refractivity contribution in [1.82, 2.24) is 10.2 Å². The quantitative estimate of drug-likeness (QED) is 0.514. The zero-order chi connectivity index (χ0) is 15.6. The summed E-state index contributed by atoms with van der Waals surface area (Å²) in [6.45, 7) is 3.67. The highest BCUT2D eigenvalue weighted by Gasteiger charge is 2.18. The van der Waals surface area contributed by atoms with Gasteiger partial charge in [-0.05, 0) is 32.2 Å². The number of thioether (sulfide) groups is 1. The van der Waals surface area contributed by atoms with Gasteiger partial charge in [-0.3, -0.25) is 20.0 Å². The van der Waals surface area contributed by atoms with Crippen LogP contribution in [0.5, 0.6) is 0 Å². The molecular formula is C13H14N4O3S. The highest BCUT2D eigenvalue weighted by atomic mass is 32.2. The molecule has 2 N–H and O–H groups in total. The van der Waals surface area contributed by atoms with E-state index in [-0.39, 0.29) is 11.3 Å². The number of carbonyl (C=O) groups is 1. The molecule has 0 aliphatic rings. The van der Waals surface area contributed by atoms with Crippen molar-refractivity contribution in [2.45, 2.75) is 18.7 Å². The highest BCUT2D eigenvalue weighted by Crippen LogP contribution is 2.28. The Morgan fingerprint density at radius 2 is 2.14 bits per heavy atom. The molecule has 1 aromatic heterocycles. The minimum absolute atomic E-state index is 0.0786. The van der Waals surface area contributed by atoms with Crippen LogP contribution in [-0.4, -0.2) is 27.3 Å². The number of nitrogens with zero attached hydrogens (tertiary/aromatic N) is 2. The Bertz CT molecular complexity index is 711. The van der Waals surface area contributed by atoms with Gasteiger partial charge in [-0.2, -0.15) is 5.10 Å². The third kappa shape index (κ3) is 3.05. The Kier molecular flexibility index (Phi) is 4.27. The van der Waals surface area contributed by atoms with Gasteiger partial charge < -0.3 is 5.32 Å². The van der Waals surface area contributed by atoms with Gasteiger partial charge in [0.25, 0.3) is 11.6 Å². The van der Waals surface area contributed by atoms with Crippen LogP contribution in [0.2, 0.25) is 0 Å². The Morgan fingerprint density at radius 1 is 1.43 bits per heavy atom. The number of nitrogens with one attached hydrogen (secondary N) is 2. The van der Waals surface area contributed by atoms with Crippen molar-refractivity contribution >= 4 is 29.2 Å². The first-order valence-corrected chi connectivity index (χ1v) is 7.32. The van der Waals surface area contributed by atoms with Crippen LogP contribution < -0.4 is 5.32 Å². The summed E-state index contributed by atoms with van der Waals surface area (Å²) < 4.78 is 0. The fraction of sp³-hybridized carbons (Fsp3) is 0.231. The second-order valence-electron chi connectivity index (χ2n) is 4.42. The normalized spacial score (nSPS) is 10.4. The molecule has 2 rings (SSSR count). The molecule has 0 aliphatic heterocycles. The van der Waals surface area contributed by atoms with Crippen LogP contribution in [0.15, 0.2) is 23.1 Å². The fourth-order valence-corrected chi connectivity index (χ4v) is 2.31. The lowest BCUT2D eigenvalue weighted by molar-refractivity contribution is -0.387. The number of nitro groups is 1. The number of aromatic amines is 1. The van der Waals surface area contributed by atoms with E-state index in [4.69, 9.17) is 0 Å². The van der Waals surface area contributed by atoms with Gasteiger partial charge in [-0.25, -0.2) is 0 Å². The molecule has 0 fully saturated rings. The van der Waals surface area contributed by atoms with E-state index in [9.17, 15) is 14.9 Å². The van der Waals surface area contributed by atoms with E-state index >= 15 is 0 Å². The first kappa shape index (κ1) is 15.0. The molecule has 0 unspecified atom stereocenters. The molecule has 2 aromatic rings. The maximum absolute atomic E-state index is 12.2. The van der Waals surface area contributed by atoms with Gasteiger partial charge >= 0.3 is 0 Å². The third-order valence-corrected chi connectivity index (χ3v) is 3.91. The SMILES string of the molecule is CSc1ccc(C(=O)Nc2n[nH]c(C)c2C)cc1[N+](=O)[O-]. The molecule has 0 atom stereocenters. The average molecular weight is 306 g/mol. The molecule has 0 aliphatic carbocycles. The lowest BCUT2D eigenvalue weighted by atomic mass is 10.2. The number of aryl methyl sites for hydroxylation is 1. The first-order chi connectivity index (χ1) is 9.93. The summed E-state index contributed by atoms with van der Waals surface area (Å²) in [5, 5.41) is 20.4. The van der Waals surface area contributed by atoms with Crippen molar-refractivity contribution in [2.75, 3.05) is 11.6 Å². The molecule has 21 heavy (non-hydrogen) atoms. The molecule has 7 nitrogen and oxygen atoms in total. The number of hydrogen-bond donors (Lipinski definition) is 2. The van der Waals surface area contributed by atoms with E-state index in [1.807, 2.05) is 13.8 Å². The standard InChI is InChI=1S/C13H14N4O3S/c1-7-8(2)15-16-12(7)14-13(18)9-4-5-11(21-3)10(6-9)17(19)20/h4-6H,1-3H3,(H2,14,15,16,18). The highest BCUT2D eigenvalue weighted by molar-refractivity contribution is 7.98. The predicted octanol–water partition coefficient (Wildman–Crippen LogP) is 2.91. The zero-order valence-electron chi connectivity index (χ0n) is 11.8. The Labute approximate surface area is 125 Å². The summed E-state index contributed by atoms with van der Waals surface area (Å²) in [7, 11) is 0. The zero-order valence-corrected chi connectivity index (χ0v) is 12.6. The van der Waals surface area contributed by atoms with Gasteiger partial charge in [0, 0.05) is 22.9 Å². The van der Waals surface area contributed by atoms with E-state index in [1.54, 1.807) is 18.4 Å². The summed E-state index contributed by atoms with van der Waals surface area (Å²) in [5.74, 6) is -0.00514. The minimum Gasteiger partial charge on any atom is -0.305 e. The molecule has 0 saturated carbocycles. The maximum atomic E-state index is 12.2. The molecule has 8 heteroatoms. The molecule has 110 valence electrons. The number of amides is 1. The van der Waals surface area contributed by atoms with Crippen LogP contribution in [0.4, 0.5) is 11.5 Å². The van der Waals surface area contributed by atoms with Crippen LogP contribution in [0.1, 0.15) is 21.6 Å². The van der Waals surface area contributed by atoms with Crippen molar-refractivity contribution in [1.29, 1.82) is 0 Å². The fourth-order valence-electron chi connectivity index (χ4n) is 1.76. The van der Waals surface area contributed by atoms with E-state index in [0.29, 0.717) is 10.7 Å². The third-order valence-electron chi connectivity index (χ3n) is 3.12. The molecule has 0 radical (unpaired) electrons. The summed E-state index contributed by atoms with van der Waals surface area (Å²) in [5.41, 5.74) is 1.83. The Balaban J connectivity index is 2.29. The Hall–Kier alpha value is -2.35. The minimum atomic E-state index is -0.493. The molecule has 0 spiro atoms. The number of anilines is 1. The molecule has 1 amide bonds. The number of nitro benzene ring substituents is 1. The largest absolute Gasteiger partial charge is 0.305 e. The summed E-state index contributed by atoms with van der Waals surface area (Å²) in [4.78, 5) is 23.2. The van der Waals surface area contributed by atoms with E-state index < -0.39 is 10.8 Å². The molecule has 0 saturated heterocycles. The van der Waals surface area contributed by atoms with E-state index in [0.717, 1.165) is 11.3 Å². The van der Waals surface area contributed by atoms with Gasteiger partial charge in [-0.1, -0.05) is 0 Å². The van der Waals surface area contributed by atoms with Crippen LogP contribution >= 0.6 is 11.8 Å². The lowest BCUT2D eigenvalue weighted by Gasteiger charge is -2.05. The maximum Gasteiger partial charge on any atom is 0.283 e.